The SMILES string of the molecule is CCCCCCCCCCCCCCCC(=O)N1CCC[C@H]1C(=O)OC1CC[C@@]2(C)C(=CCC3C2CC[C@@]2(C)C3CC[C@@H]2[C@H](C)CCCC(C)C)C1. The third-order valence-corrected chi connectivity index (χ3v) is 15.9. The summed E-state index contributed by atoms with van der Waals surface area (Å²) >= 11 is 0. The summed E-state index contributed by atoms with van der Waals surface area (Å²) in [6, 6.07) is -0.369. The Labute approximate surface area is 321 Å². The topological polar surface area (TPSA) is 46.6 Å². The van der Waals surface area contributed by atoms with E-state index in [9.17, 15) is 9.59 Å². The van der Waals surface area contributed by atoms with Crippen molar-refractivity contribution in [3.63, 3.8) is 0 Å². The van der Waals surface area contributed by atoms with Gasteiger partial charge in [-0.2, -0.15) is 0 Å². The van der Waals surface area contributed by atoms with Crippen LogP contribution in [0.15, 0.2) is 11.6 Å². The van der Waals surface area contributed by atoms with Crippen molar-refractivity contribution in [1.29, 1.82) is 0 Å². The first-order valence-electron chi connectivity index (χ1n) is 23.3. The van der Waals surface area contributed by atoms with Gasteiger partial charge in [0.05, 0.1) is 0 Å². The number of rotatable bonds is 21. The molecular weight excluding hydrogens is 639 g/mol. The summed E-state index contributed by atoms with van der Waals surface area (Å²) in [4.78, 5) is 28.7. The van der Waals surface area contributed by atoms with Gasteiger partial charge >= 0.3 is 5.97 Å². The maximum Gasteiger partial charge on any atom is 0.329 e. The fourth-order valence-electron chi connectivity index (χ4n) is 12.7. The van der Waals surface area contributed by atoms with Crippen molar-refractivity contribution < 1.29 is 14.3 Å². The molecule has 3 saturated carbocycles. The van der Waals surface area contributed by atoms with Crippen LogP contribution in [-0.4, -0.2) is 35.5 Å². The number of carbonyl (C=O) groups excluding carboxylic acids is 2. The number of allylic oxidation sites excluding steroid dienone is 1. The maximum absolute atomic E-state index is 13.6. The number of nitrogens with zero attached hydrogens (tertiary/aromatic N) is 1. The van der Waals surface area contributed by atoms with Crippen LogP contribution in [0, 0.1) is 46.3 Å². The Balaban J connectivity index is 1.03. The monoisotopic (exact) mass is 722 g/mol. The van der Waals surface area contributed by atoms with Gasteiger partial charge in [0.25, 0.3) is 0 Å². The molecule has 0 aromatic rings. The molecule has 1 saturated heterocycles. The van der Waals surface area contributed by atoms with Gasteiger partial charge < -0.3 is 9.64 Å². The predicted octanol–water partition coefficient (Wildman–Crippen LogP) is 13.4. The van der Waals surface area contributed by atoms with Gasteiger partial charge in [0.1, 0.15) is 12.1 Å². The molecular formula is C48H83NO3. The molecule has 5 rings (SSSR count). The van der Waals surface area contributed by atoms with Crippen molar-refractivity contribution in [3.8, 4) is 0 Å². The van der Waals surface area contributed by atoms with Crippen LogP contribution in [-0.2, 0) is 14.3 Å². The van der Waals surface area contributed by atoms with Crippen molar-refractivity contribution in [2.24, 2.45) is 46.3 Å². The molecule has 4 nitrogen and oxygen atoms in total. The first-order chi connectivity index (χ1) is 25.1. The second-order valence-electron chi connectivity index (χ2n) is 19.8. The van der Waals surface area contributed by atoms with Gasteiger partial charge in [-0.3, -0.25) is 4.79 Å². The molecule has 298 valence electrons. The average Bonchev–Trinajstić information content (AvgIpc) is 3.75. The summed E-state index contributed by atoms with van der Waals surface area (Å²) in [6.45, 7) is 15.6. The molecule has 52 heavy (non-hydrogen) atoms. The Hall–Kier alpha value is -1.32. The third kappa shape index (κ3) is 10.3. The molecule has 4 unspecified atom stereocenters. The number of likely N-dealkylation sites (tertiary alicyclic amines) is 1. The fraction of sp³-hybridized carbons (Fsp3) is 0.917. The second kappa shape index (κ2) is 20.0. The van der Waals surface area contributed by atoms with E-state index in [4.69, 9.17) is 4.74 Å². The van der Waals surface area contributed by atoms with Crippen molar-refractivity contribution in [3.05, 3.63) is 11.6 Å². The van der Waals surface area contributed by atoms with Gasteiger partial charge in [0.15, 0.2) is 0 Å². The highest BCUT2D eigenvalue weighted by Gasteiger charge is 2.59. The van der Waals surface area contributed by atoms with Crippen molar-refractivity contribution >= 4 is 11.9 Å². The Bertz CT molecular complexity index is 1140. The van der Waals surface area contributed by atoms with Crippen molar-refractivity contribution in [2.75, 3.05) is 6.54 Å². The molecule has 0 spiro atoms. The molecule has 4 fully saturated rings. The van der Waals surface area contributed by atoms with Crippen LogP contribution in [0.2, 0.25) is 0 Å². The summed E-state index contributed by atoms with van der Waals surface area (Å²) in [5, 5.41) is 0. The van der Waals surface area contributed by atoms with Crippen LogP contribution in [0.3, 0.4) is 0 Å². The highest BCUT2D eigenvalue weighted by Crippen LogP contribution is 2.67. The van der Waals surface area contributed by atoms with Crippen LogP contribution in [0.1, 0.15) is 215 Å². The number of ether oxygens (including phenoxy) is 1. The predicted molar refractivity (Wildman–Crippen MR) is 218 cm³/mol. The molecule has 0 N–H and O–H groups in total. The van der Waals surface area contributed by atoms with E-state index in [1.807, 2.05) is 4.90 Å². The van der Waals surface area contributed by atoms with Gasteiger partial charge in [-0.1, -0.05) is 150 Å². The van der Waals surface area contributed by atoms with Gasteiger partial charge in [-0.25, -0.2) is 4.79 Å². The molecule has 4 heteroatoms. The largest absolute Gasteiger partial charge is 0.461 e. The van der Waals surface area contributed by atoms with Crippen LogP contribution in [0.25, 0.3) is 0 Å². The molecule has 1 heterocycles. The third-order valence-electron chi connectivity index (χ3n) is 15.9. The number of hydrogen-bond acceptors (Lipinski definition) is 3. The van der Waals surface area contributed by atoms with Gasteiger partial charge in [0.2, 0.25) is 5.91 Å². The minimum atomic E-state index is -0.369. The number of unbranched alkanes of at least 4 members (excludes halogenated alkanes) is 12. The van der Waals surface area contributed by atoms with E-state index in [0.717, 1.165) is 80.5 Å². The highest BCUT2D eigenvalue weighted by atomic mass is 16.5. The van der Waals surface area contributed by atoms with Crippen molar-refractivity contribution in [2.45, 2.75) is 227 Å². The van der Waals surface area contributed by atoms with Crippen LogP contribution in [0.5, 0.6) is 0 Å². The van der Waals surface area contributed by atoms with E-state index in [-0.39, 0.29) is 29.4 Å². The lowest BCUT2D eigenvalue weighted by molar-refractivity contribution is -0.160. The zero-order valence-electron chi connectivity index (χ0n) is 35.2. The number of fused-ring (bicyclic) bond motifs is 5. The average molecular weight is 722 g/mol. The van der Waals surface area contributed by atoms with Crippen LogP contribution in [0.4, 0.5) is 0 Å². The summed E-state index contributed by atoms with van der Waals surface area (Å²) in [7, 11) is 0. The zero-order valence-corrected chi connectivity index (χ0v) is 35.2. The lowest BCUT2D eigenvalue weighted by Gasteiger charge is -2.58. The first kappa shape index (κ1) is 41.8. The molecule has 1 aliphatic heterocycles. The second-order valence-corrected chi connectivity index (χ2v) is 19.8. The van der Waals surface area contributed by atoms with E-state index in [2.05, 4.69) is 47.6 Å². The van der Waals surface area contributed by atoms with Gasteiger partial charge in [-0.05, 0) is 111 Å². The molecule has 1 amide bonds. The highest BCUT2D eigenvalue weighted by molar-refractivity contribution is 5.85. The van der Waals surface area contributed by atoms with E-state index < -0.39 is 0 Å². The minimum absolute atomic E-state index is 0.0293. The summed E-state index contributed by atoms with van der Waals surface area (Å²) in [5.74, 6) is 5.09. The standard InChI is InChI=1S/C48H83NO3/c1-7-8-9-10-11-12-13-14-15-16-17-18-19-25-45(50)49-34-21-24-44(49)46(51)52-39-30-32-47(5)38(35-39)26-27-40-42-29-28-41(37(4)23-20-22-36(2)3)48(42,6)33-31-43(40)47/h26,36-37,39-44H,7-25,27-35H2,1-6H3/t37-,39?,40?,41-,42?,43?,44+,47+,48-/m1/s1. The summed E-state index contributed by atoms with van der Waals surface area (Å²) in [5.41, 5.74) is 2.36. The molecule has 0 aromatic carbocycles. The zero-order chi connectivity index (χ0) is 37.1. The Morgan fingerprint density at radius 1 is 0.788 bits per heavy atom. The Morgan fingerprint density at radius 3 is 2.13 bits per heavy atom. The quantitative estimate of drug-likeness (QED) is 0.0673. The van der Waals surface area contributed by atoms with Crippen LogP contribution < -0.4 is 0 Å². The summed E-state index contributed by atoms with van der Waals surface area (Å²) in [6.07, 6.45) is 36.0. The van der Waals surface area contributed by atoms with E-state index in [1.54, 1.807) is 5.57 Å². The molecule has 0 aromatic heterocycles. The van der Waals surface area contributed by atoms with E-state index in [1.165, 1.54) is 122 Å². The number of hydrogen-bond donors (Lipinski definition) is 0. The number of carbonyl (C=O) groups is 2. The Kier molecular flexibility index (Phi) is 16.1. The molecule has 4 aliphatic carbocycles. The number of amides is 1. The lowest BCUT2D eigenvalue weighted by atomic mass is 9.47. The smallest absolute Gasteiger partial charge is 0.329 e. The molecule has 9 atom stereocenters. The molecule has 0 bridgehead atoms. The molecule has 0 radical (unpaired) electrons. The maximum atomic E-state index is 13.6. The van der Waals surface area contributed by atoms with E-state index in [0.29, 0.717) is 18.4 Å². The Morgan fingerprint density at radius 2 is 1.46 bits per heavy atom. The fourth-order valence-corrected chi connectivity index (χ4v) is 12.7. The van der Waals surface area contributed by atoms with Gasteiger partial charge in [-0.15, -0.1) is 0 Å². The van der Waals surface area contributed by atoms with Crippen molar-refractivity contribution in [1.82, 2.24) is 4.90 Å². The number of esters is 1. The normalized spacial score (nSPS) is 33.4. The van der Waals surface area contributed by atoms with Crippen LogP contribution >= 0.6 is 0 Å². The summed E-state index contributed by atoms with van der Waals surface area (Å²) < 4.78 is 6.31. The van der Waals surface area contributed by atoms with Gasteiger partial charge in [0, 0.05) is 19.4 Å². The lowest BCUT2D eigenvalue weighted by Crippen LogP contribution is -2.51. The van der Waals surface area contributed by atoms with E-state index >= 15 is 0 Å². The molecule has 5 aliphatic rings. The minimum Gasteiger partial charge on any atom is -0.461 e. The first-order valence-corrected chi connectivity index (χ1v) is 23.3.